The molecule has 3 rings (SSSR count). The van der Waals surface area contributed by atoms with Crippen molar-refractivity contribution in [3.05, 3.63) is 71.0 Å². The highest BCUT2D eigenvalue weighted by Gasteiger charge is 2.02. The second-order valence-electron chi connectivity index (χ2n) is 4.17. The van der Waals surface area contributed by atoms with Gasteiger partial charge in [-0.1, -0.05) is 66.8 Å². The molecule has 25 heavy (non-hydrogen) atoms. The lowest BCUT2D eigenvalue weighted by molar-refractivity contribution is -0.445. The fraction of sp³-hybridized carbons (Fsp3) is 0.222. The van der Waals surface area contributed by atoms with Gasteiger partial charge in [0.15, 0.2) is 7.05 Å². The van der Waals surface area contributed by atoms with Gasteiger partial charge in [-0.3, -0.25) is 10.1 Å². The molecule has 0 unspecified atom stereocenters. The molecule has 0 saturated carbocycles. The summed E-state index contributed by atoms with van der Waals surface area (Å²) >= 11 is 2.15. The lowest BCUT2D eigenvalue weighted by Gasteiger charge is -2.07. The fourth-order valence-corrected chi connectivity index (χ4v) is 1.76. The second kappa shape index (κ2) is 14.1. The predicted octanol–water partition coefficient (Wildman–Crippen LogP) is 5.34. The minimum atomic E-state index is -0.500. The molecule has 0 fully saturated rings. The third-order valence-electron chi connectivity index (χ3n) is 2.58. The number of aromatic nitrogens is 2. The molecule has 1 heterocycles. The van der Waals surface area contributed by atoms with Crippen molar-refractivity contribution in [2.24, 2.45) is 0 Å². The van der Waals surface area contributed by atoms with Crippen LogP contribution in [0, 0.1) is 10.1 Å². The van der Waals surface area contributed by atoms with Crippen LogP contribution in [-0.4, -0.2) is 26.9 Å². The maximum absolute atomic E-state index is 8.81. The lowest BCUT2D eigenvalue weighted by atomic mass is 10.2. The molecule has 2 aromatic carbocycles. The van der Waals surface area contributed by atoms with Gasteiger partial charge in [-0.25, -0.2) is 9.97 Å². The summed E-state index contributed by atoms with van der Waals surface area (Å²) in [5.74, 6) is 0.835. The van der Waals surface area contributed by atoms with Crippen LogP contribution < -0.4 is 5.32 Å². The smallest absolute Gasteiger partial charge is 0.194 e. The number of hydrogen-bond acceptors (Lipinski definition) is 5. The second-order valence-corrected chi connectivity index (χ2v) is 4.17. The van der Waals surface area contributed by atoms with Gasteiger partial charge in [0.05, 0.1) is 5.52 Å². The highest BCUT2D eigenvalue weighted by molar-refractivity contribution is 14.1. The molecule has 0 amide bonds. The number of nitrogens with zero attached hydrogens (tertiary/aromatic N) is 3. The average Bonchev–Trinajstić information content (AvgIpc) is 2.66. The van der Waals surface area contributed by atoms with Gasteiger partial charge in [0, 0.05) is 16.0 Å². The van der Waals surface area contributed by atoms with Crippen LogP contribution in [-0.2, 0) is 0 Å². The molecule has 0 aliphatic heterocycles. The highest BCUT2D eigenvalue weighted by atomic mass is 127. The third kappa shape index (κ3) is 8.94. The molecule has 6 nitrogen and oxygen atoms in total. The van der Waals surface area contributed by atoms with Gasteiger partial charge in [0.25, 0.3) is 0 Å². The predicted molar refractivity (Wildman–Crippen MR) is 113 cm³/mol. The summed E-state index contributed by atoms with van der Waals surface area (Å²) in [6.07, 6.45) is 1.58. The average molecular weight is 454 g/mol. The summed E-state index contributed by atoms with van der Waals surface area (Å²) < 4.78 is 0. The Labute approximate surface area is 162 Å². The van der Waals surface area contributed by atoms with E-state index in [2.05, 4.69) is 37.9 Å². The Morgan fingerprint density at radius 2 is 1.48 bits per heavy atom. The van der Waals surface area contributed by atoms with Crippen LogP contribution in [0.3, 0.4) is 0 Å². The van der Waals surface area contributed by atoms with E-state index >= 15 is 0 Å². The van der Waals surface area contributed by atoms with Gasteiger partial charge < -0.3 is 5.32 Å². The van der Waals surface area contributed by atoms with Crippen LogP contribution in [0.15, 0.2) is 60.9 Å². The molecule has 7 heteroatoms. The molecule has 0 saturated heterocycles. The number of fused-ring (bicyclic) bond motifs is 1. The summed E-state index contributed by atoms with van der Waals surface area (Å²) in [6, 6.07) is 18.0. The number of anilines is 2. The minimum absolute atomic E-state index is 0.500. The van der Waals surface area contributed by atoms with Crippen molar-refractivity contribution in [3.63, 3.8) is 0 Å². The molecule has 1 N–H and O–H groups in total. The molecule has 0 spiro atoms. The van der Waals surface area contributed by atoms with Crippen LogP contribution in [0.25, 0.3) is 10.9 Å². The zero-order valence-corrected chi connectivity index (χ0v) is 17.0. The highest BCUT2D eigenvalue weighted by Crippen LogP contribution is 2.21. The van der Waals surface area contributed by atoms with Crippen LogP contribution in [0.4, 0.5) is 11.5 Å². The summed E-state index contributed by atoms with van der Waals surface area (Å²) in [5, 5.41) is 13.1. The molecule has 0 aliphatic carbocycles. The minimum Gasteiger partial charge on any atom is -0.340 e. The first kappa shape index (κ1) is 22.7. The first-order chi connectivity index (χ1) is 12.2. The molecule has 1 aromatic heterocycles. The maximum Gasteiger partial charge on any atom is 0.194 e. The number of hydrogen-bond donors (Lipinski definition) is 1. The monoisotopic (exact) mass is 454 g/mol. The van der Waals surface area contributed by atoms with Crippen LogP contribution in [0.5, 0.6) is 0 Å². The van der Waals surface area contributed by atoms with E-state index in [0.717, 1.165) is 29.5 Å². The molecule has 0 bridgehead atoms. The Balaban J connectivity index is 0.000000625. The quantitative estimate of drug-likeness (QED) is 0.245. The molecule has 0 radical (unpaired) electrons. The number of rotatable bonds is 2. The van der Waals surface area contributed by atoms with E-state index in [4.69, 9.17) is 10.1 Å². The Morgan fingerprint density at radius 1 is 0.960 bits per heavy atom. The largest absolute Gasteiger partial charge is 0.340 e. The Hall–Kier alpha value is -2.29. The fourth-order valence-electron chi connectivity index (χ4n) is 1.76. The molecule has 0 atom stereocenters. The Morgan fingerprint density at radius 3 is 2.08 bits per heavy atom. The molecular weight excluding hydrogens is 431 g/mol. The van der Waals surface area contributed by atoms with Crippen LogP contribution in [0.2, 0.25) is 0 Å². The molecule has 134 valence electrons. The van der Waals surface area contributed by atoms with E-state index in [0.29, 0.717) is 0 Å². The van der Waals surface area contributed by atoms with Gasteiger partial charge in [-0.05, 0) is 29.2 Å². The van der Waals surface area contributed by atoms with Crippen molar-refractivity contribution in [2.45, 2.75) is 13.8 Å². The topological polar surface area (TPSA) is 81.0 Å². The summed E-state index contributed by atoms with van der Waals surface area (Å²) in [7, 11) is 0.889. The van der Waals surface area contributed by atoms with Crippen molar-refractivity contribution in [3.8, 4) is 0 Å². The maximum atomic E-state index is 8.81. The summed E-state index contributed by atoms with van der Waals surface area (Å²) in [6.45, 7) is 4.00. The van der Waals surface area contributed by atoms with E-state index in [1.165, 1.54) is 0 Å². The summed E-state index contributed by atoms with van der Waals surface area (Å²) in [4.78, 5) is 18.8. The van der Waals surface area contributed by atoms with Crippen LogP contribution in [0.1, 0.15) is 13.8 Å². The summed E-state index contributed by atoms with van der Waals surface area (Å²) in [5.41, 5.74) is 1.97. The zero-order chi connectivity index (χ0) is 19.1. The van der Waals surface area contributed by atoms with Crippen molar-refractivity contribution >= 4 is 45.0 Å². The Kier molecular flexibility index (Phi) is 12.8. The number of alkyl halides is 1. The number of benzene rings is 2. The van der Waals surface area contributed by atoms with Gasteiger partial charge in [-0.15, -0.1) is 0 Å². The van der Waals surface area contributed by atoms with Gasteiger partial charge in [0.1, 0.15) is 12.1 Å². The van der Waals surface area contributed by atoms with Gasteiger partial charge in [-0.2, -0.15) is 0 Å². The van der Waals surface area contributed by atoms with Crippen LogP contribution >= 0.6 is 22.6 Å². The Bertz CT molecular complexity index is 730. The van der Waals surface area contributed by atoms with E-state index < -0.39 is 4.92 Å². The molecule has 3 aromatic rings. The third-order valence-corrected chi connectivity index (χ3v) is 2.58. The lowest BCUT2D eigenvalue weighted by Crippen LogP contribution is -1.95. The first-order valence-electron chi connectivity index (χ1n) is 7.64. The van der Waals surface area contributed by atoms with Gasteiger partial charge >= 0.3 is 0 Å². The van der Waals surface area contributed by atoms with Crippen molar-refractivity contribution in [1.82, 2.24) is 9.97 Å². The van der Waals surface area contributed by atoms with E-state index in [1.54, 1.807) is 6.33 Å². The molecular formula is C18H23IN4O2. The first-order valence-corrected chi connectivity index (χ1v) is 9.80. The number of nitro groups is 1. The van der Waals surface area contributed by atoms with Crippen molar-refractivity contribution in [1.29, 1.82) is 0 Å². The number of para-hydroxylation sites is 2. The SMILES string of the molecule is CC.CI.C[N+](=O)[O-].c1ccc(Nc2ncnc3ccccc23)cc1. The standard InChI is InChI=1S/C14H11N3.C2H6.CH3I.CH3NO2/c1-2-6-11(7-3-1)17-14-12-8-4-5-9-13(12)15-10-16-14;2*1-2;1-2(3)4/h1-10H,(H,15,16,17);1-2H3;1H3;1H3. The van der Waals surface area contributed by atoms with E-state index in [9.17, 15) is 0 Å². The van der Waals surface area contributed by atoms with Crippen molar-refractivity contribution in [2.75, 3.05) is 17.3 Å². The normalized spacial score (nSPS) is 8.52. The van der Waals surface area contributed by atoms with E-state index in [-0.39, 0.29) is 0 Å². The van der Waals surface area contributed by atoms with E-state index in [1.807, 2.05) is 73.4 Å². The van der Waals surface area contributed by atoms with Gasteiger partial charge in [0.2, 0.25) is 0 Å². The van der Waals surface area contributed by atoms with Crippen molar-refractivity contribution < 1.29 is 4.92 Å². The zero-order valence-electron chi connectivity index (χ0n) is 14.8. The number of halogens is 1. The number of nitrogens with one attached hydrogen (secondary N) is 1. The molecule has 0 aliphatic rings.